The number of aliphatic hydroxyl groups is 1. The van der Waals surface area contributed by atoms with E-state index in [9.17, 15) is 23.6 Å². The van der Waals surface area contributed by atoms with Gasteiger partial charge in [-0.1, -0.05) is 13.8 Å². The number of nitrogens with one attached hydrogen (secondary N) is 1. The van der Waals surface area contributed by atoms with Crippen LogP contribution in [0.5, 0.6) is 11.5 Å². The maximum atomic E-state index is 11.7. The number of ether oxygens (including phenoxy) is 2. The summed E-state index contributed by atoms with van der Waals surface area (Å²) < 4.78 is 33.9. The van der Waals surface area contributed by atoms with Crippen LogP contribution in [0.1, 0.15) is 13.8 Å². The average Bonchev–Trinajstić information content (AvgIpc) is 2.54. The van der Waals surface area contributed by atoms with Gasteiger partial charge in [-0.15, -0.1) is 10.1 Å². The Balaban J connectivity index is 2.73. The zero-order valence-electron chi connectivity index (χ0n) is 14.5. The van der Waals surface area contributed by atoms with Gasteiger partial charge in [-0.2, -0.15) is 0 Å². The molecule has 148 valence electrons. The number of sulfonamides is 1. The van der Waals surface area contributed by atoms with E-state index in [4.69, 9.17) is 14.6 Å². The molecule has 0 saturated carbocycles. The average molecular weight is 393 g/mol. The molecule has 0 aliphatic rings. The minimum atomic E-state index is -4.12. The van der Waals surface area contributed by atoms with Gasteiger partial charge in [0, 0.05) is 18.7 Å². The summed E-state index contributed by atoms with van der Waals surface area (Å²) in [4.78, 5) is 13.8. The summed E-state index contributed by atoms with van der Waals surface area (Å²) in [6, 6.07) is 4.09. The maximum Gasteiger partial charge on any atom is 0.294 e. The van der Waals surface area contributed by atoms with Crippen LogP contribution in [-0.4, -0.2) is 57.1 Å². The standard InChI is InChI=1S/C14H23N3O8S/c1-10(2)16-8-11(18)9-24-12-3-4-13(14(7-12)26(15,21)22)23-5-6-25-17(19)20/h3-4,7,10-11,16,18H,5-6,8-9H2,1-2H3,(H2,15,21,22). The molecule has 0 bridgehead atoms. The van der Waals surface area contributed by atoms with E-state index in [2.05, 4.69) is 10.2 Å². The molecular weight excluding hydrogens is 370 g/mol. The molecular formula is C14H23N3O8S. The lowest BCUT2D eigenvalue weighted by Crippen LogP contribution is -2.35. The lowest BCUT2D eigenvalue weighted by atomic mass is 10.3. The second-order valence-corrected chi connectivity index (χ2v) is 7.12. The van der Waals surface area contributed by atoms with Gasteiger partial charge in [-0.25, -0.2) is 13.6 Å². The fourth-order valence-corrected chi connectivity index (χ4v) is 2.49. The Labute approximate surface area is 151 Å². The van der Waals surface area contributed by atoms with Gasteiger partial charge < -0.3 is 24.7 Å². The summed E-state index contributed by atoms with van der Waals surface area (Å²) in [5.41, 5.74) is 0. The van der Waals surface area contributed by atoms with E-state index in [-0.39, 0.29) is 42.3 Å². The van der Waals surface area contributed by atoms with E-state index < -0.39 is 21.2 Å². The van der Waals surface area contributed by atoms with Crippen LogP contribution in [0.25, 0.3) is 0 Å². The van der Waals surface area contributed by atoms with E-state index >= 15 is 0 Å². The zero-order chi connectivity index (χ0) is 19.7. The molecule has 0 saturated heterocycles. The lowest BCUT2D eigenvalue weighted by molar-refractivity contribution is -0.757. The number of rotatable bonds is 12. The summed E-state index contributed by atoms with van der Waals surface area (Å²) in [7, 11) is -4.12. The topological polar surface area (TPSA) is 163 Å². The molecule has 0 amide bonds. The van der Waals surface area contributed by atoms with Crippen molar-refractivity contribution in [2.45, 2.75) is 30.9 Å². The fourth-order valence-electron chi connectivity index (χ4n) is 1.81. The summed E-state index contributed by atoms with van der Waals surface area (Å²) >= 11 is 0. The SMILES string of the molecule is CC(C)NCC(O)COc1ccc(OCCO[N+](=O)[O-])c(S(N)(=O)=O)c1. The molecule has 1 aromatic carbocycles. The molecule has 0 aliphatic carbocycles. The second kappa shape index (κ2) is 10.1. The Morgan fingerprint density at radius 2 is 2.00 bits per heavy atom. The van der Waals surface area contributed by atoms with Crippen molar-refractivity contribution in [3.63, 3.8) is 0 Å². The largest absolute Gasteiger partial charge is 0.491 e. The third kappa shape index (κ3) is 8.29. The molecule has 0 aromatic heterocycles. The van der Waals surface area contributed by atoms with Crippen LogP contribution in [0.3, 0.4) is 0 Å². The Morgan fingerprint density at radius 3 is 2.58 bits per heavy atom. The molecule has 1 atom stereocenters. The molecule has 12 heteroatoms. The van der Waals surface area contributed by atoms with Gasteiger partial charge in [-0.05, 0) is 12.1 Å². The normalized spacial score (nSPS) is 12.7. The van der Waals surface area contributed by atoms with Crippen LogP contribution in [0, 0.1) is 10.1 Å². The van der Waals surface area contributed by atoms with Crippen LogP contribution in [-0.2, 0) is 14.9 Å². The first-order valence-electron chi connectivity index (χ1n) is 7.70. The minimum Gasteiger partial charge on any atom is -0.491 e. The van der Waals surface area contributed by atoms with Crippen molar-refractivity contribution in [2.24, 2.45) is 5.14 Å². The van der Waals surface area contributed by atoms with Gasteiger partial charge in [0.05, 0.1) is 0 Å². The van der Waals surface area contributed by atoms with Crippen LogP contribution in [0.2, 0.25) is 0 Å². The van der Waals surface area contributed by atoms with Crippen molar-refractivity contribution >= 4 is 10.0 Å². The fraction of sp³-hybridized carbons (Fsp3) is 0.571. The van der Waals surface area contributed by atoms with Crippen molar-refractivity contribution in [3.8, 4) is 11.5 Å². The van der Waals surface area contributed by atoms with E-state index in [0.717, 1.165) is 6.07 Å². The predicted octanol–water partition coefficient (Wildman–Crippen LogP) is -0.341. The zero-order valence-corrected chi connectivity index (χ0v) is 15.3. The molecule has 0 radical (unpaired) electrons. The number of aliphatic hydroxyl groups excluding tert-OH is 1. The molecule has 4 N–H and O–H groups in total. The number of hydrogen-bond acceptors (Lipinski definition) is 9. The number of nitrogens with two attached hydrogens (primary N) is 1. The van der Waals surface area contributed by atoms with E-state index in [0.29, 0.717) is 6.54 Å². The van der Waals surface area contributed by atoms with Crippen molar-refractivity contribution in [1.29, 1.82) is 0 Å². The van der Waals surface area contributed by atoms with Crippen molar-refractivity contribution < 1.29 is 32.9 Å². The van der Waals surface area contributed by atoms with Crippen LogP contribution < -0.4 is 19.9 Å². The lowest BCUT2D eigenvalue weighted by Gasteiger charge is -2.16. The van der Waals surface area contributed by atoms with Gasteiger partial charge in [0.2, 0.25) is 10.0 Å². The number of primary sulfonamides is 1. The van der Waals surface area contributed by atoms with E-state index in [1.54, 1.807) is 0 Å². The summed E-state index contributed by atoms with van der Waals surface area (Å²) in [6.45, 7) is 3.51. The summed E-state index contributed by atoms with van der Waals surface area (Å²) in [6.07, 6.45) is -0.787. The van der Waals surface area contributed by atoms with Gasteiger partial charge in [0.25, 0.3) is 5.09 Å². The Kier molecular flexibility index (Phi) is 8.51. The first-order valence-corrected chi connectivity index (χ1v) is 9.25. The first-order chi connectivity index (χ1) is 12.1. The smallest absolute Gasteiger partial charge is 0.294 e. The molecule has 0 heterocycles. The minimum absolute atomic E-state index is 0.0549. The number of benzene rings is 1. The quantitative estimate of drug-likeness (QED) is 0.245. The Morgan fingerprint density at radius 1 is 1.31 bits per heavy atom. The highest BCUT2D eigenvalue weighted by Crippen LogP contribution is 2.27. The van der Waals surface area contributed by atoms with Crippen molar-refractivity contribution in [2.75, 3.05) is 26.4 Å². The van der Waals surface area contributed by atoms with Gasteiger partial charge >= 0.3 is 0 Å². The molecule has 1 rings (SSSR count). The summed E-state index contributed by atoms with van der Waals surface area (Å²) in [5.74, 6) is 0.0836. The molecule has 1 aromatic rings. The van der Waals surface area contributed by atoms with Gasteiger partial charge in [0.1, 0.15) is 42.3 Å². The highest BCUT2D eigenvalue weighted by atomic mass is 32.2. The molecule has 0 fully saturated rings. The van der Waals surface area contributed by atoms with Gasteiger partial charge in [0.15, 0.2) is 0 Å². The molecule has 1 unspecified atom stereocenters. The van der Waals surface area contributed by atoms with Crippen LogP contribution in [0.4, 0.5) is 0 Å². The third-order valence-electron chi connectivity index (χ3n) is 2.96. The predicted molar refractivity (Wildman–Crippen MR) is 90.9 cm³/mol. The Hall–Kier alpha value is -2.15. The van der Waals surface area contributed by atoms with Crippen LogP contribution in [0.15, 0.2) is 23.1 Å². The van der Waals surface area contributed by atoms with E-state index in [1.807, 2.05) is 13.8 Å². The Bertz CT molecular complexity index is 695. The monoisotopic (exact) mass is 393 g/mol. The highest BCUT2D eigenvalue weighted by Gasteiger charge is 2.17. The highest BCUT2D eigenvalue weighted by molar-refractivity contribution is 7.89. The first kappa shape index (κ1) is 21.9. The van der Waals surface area contributed by atoms with E-state index in [1.165, 1.54) is 12.1 Å². The maximum absolute atomic E-state index is 11.7. The molecule has 26 heavy (non-hydrogen) atoms. The number of hydrogen-bond donors (Lipinski definition) is 3. The van der Waals surface area contributed by atoms with Crippen molar-refractivity contribution in [3.05, 3.63) is 28.3 Å². The third-order valence-corrected chi connectivity index (χ3v) is 3.90. The summed E-state index contributed by atoms with van der Waals surface area (Å²) in [5, 5.41) is 27.1. The van der Waals surface area contributed by atoms with Gasteiger partial charge in [-0.3, -0.25) is 0 Å². The second-order valence-electron chi connectivity index (χ2n) is 5.59. The van der Waals surface area contributed by atoms with Crippen molar-refractivity contribution in [1.82, 2.24) is 5.32 Å². The molecule has 11 nitrogen and oxygen atoms in total. The molecule has 0 aliphatic heterocycles. The number of nitrogens with zero attached hydrogens (tertiary/aromatic N) is 1. The molecule has 0 spiro atoms. The van der Waals surface area contributed by atoms with Crippen LogP contribution >= 0.6 is 0 Å².